The summed E-state index contributed by atoms with van der Waals surface area (Å²) in [5, 5.41) is 16.3. The minimum Gasteiger partial charge on any atom is -0.395 e. The molecule has 6 heteroatoms. The van der Waals surface area contributed by atoms with Crippen LogP contribution in [0.5, 0.6) is 0 Å². The number of aliphatic hydroxyl groups excluding tert-OH is 1. The molecule has 0 aliphatic carbocycles. The summed E-state index contributed by atoms with van der Waals surface area (Å²) >= 11 is 0. The Morgan fingerprint density at radius 2 is 1.96 bits per heavy atom. The van der Waals surface area contributed by atoms with Crippen molar-refractivity contribution in [1.82, 2.24) is 20.1 Å². The van der Waals surface area contributed by atoms with E-state index in [9.17, 15) is 9.50 Å². The van der Waals surface area contributed by atoms with E-state index < -0.39 is 0 Å². The molecule has 0 radical (unpaired) electrons. The average Bonchev–Trinajstić information content (AvgIpc) is 3.04. The summed E-state index contributed by atoms with van der Waals surface area (Å²) in [5.74, 6) is -0.288. The van der Waals surface area contributed by atoms with Gasteiger partial charge in [-0.1, -0.05) is 18.2 Å². The molecule has 0 fully saturated rings. The largest absolute Gasteiger partial charge is 0.395 e. The van der Waals surface area contributed by atoms with Crippen molar-refractivity contribution in [3.63, 3.8) is 0 Å². The Balaban J connectivity index is 1.81. The van der Waals surface area contributed by atoms with Crippen molar-refractivity contribution in [3.8, 4) is 11.3 Å². The zero-order valence-electron chi connectivity index (χ0n) is 13.2. The predicted molar refractivity (Wildman–Crippen MR) is 89.4 cm³/mol. The molecule has 0 atom stereocenters. The second-order valence-electron chi connectivity index (χ2n) is 5.55. The molecular weight excluding hydrogens is 307 g/mol. The Morgan fingerprint density at radius 1 is 1.08 bits per heavy atom. The molecule has 0 spiro atoms. The zero-order chi connectivity index (χ0) is 16.8. The molecule has 0 amide bonds. The molecule has 2 heterocycles. The molecule has 3 aromatic rings. The Kier molecular flexibility index (Phi) is 5.30. The zero-order valence-corrected chi connectivity index (χ0v) is 13.2. The minimum atomic E-state index is -0.288. The van der Waals surface area contributed by atoms with Crippen LogP contribution in [0.3, 0.4) is 0 Å². The lowest BCUT2D eigenvalue weighted by Gasteiger charge is -2.21. The summed E-state index contributed by atoms with van der Waals surface area (Å²) in [5.41, 5.74) is 3.11. The molecule has 0 unspecified atom stereocenters. The molecule has 0 saturated heterocycles. The van der Waals surface area contributed by atoms with E-state index in [0.717, 1.165) is 11.1 Å². The highest BCUT2D eigenvalue weighted by Gasteiger charge is 2.15. The van der Waals surface area contributed by atoms with Crippen LogP contribution in [-0.4, -0.2) is 38.3 Å². The van der Waals surface area contributed by atoms with E-state index in [2.05, 4.69) is 20.1 Å². The minimum absolute atomic E-state index is 0.0488. The van der Waals surface area contributed by atoms with Crippen molar-refractivity contribution in [2.45, 2.75) is 13.1 Å². The summed E-state index contributed by atoms with van der Waals surface area (Å²) in [4.78, 5) is 6.19. The third kappa shape index (κ3) is 3.84. The van der Waals surface area contributed by atoms with Crippen LogP contribution in [0.2, 0.25) is 0 Å². The highest BCUT2D eigenvalue weighted by molar-refractivity contribution is 5.63. The van der Waals surface area contributed by atoms with Gasteiger partial charge in [-0.3, -0.25) is 15.0 Å². The van der Waals surface area contributed by atoms with Gasteiger partial charge in [-0.2, -0.15) is 5.10 Å². The molecule has 0 saturated carbocycles. The molecule has 0 aliphatic heterocycles. The highest BCUT2D eigenvalue weighted by Crippen LogP contribution is 2.25. The van der Waals surface area contributed by atoms with Crippen LogP contribution in [0.1, 0.15) is 11.1 Å². The first-order valence-corrected chi connectivity index (χ1v) is 7.77. The molecule has 2 aromatic heterocycles. The van der Waals surface area contributed by atoms with Crippen molar-refractivity contribution in [2.24, 2.45) is 0 Å². The van der Waals surface area contributed by atoms with Gasteiger partial charge in [0.15, 0.2) is 0 Å². The van der Waals surface area contributed by atoms with Gasteiger partial charge in [0.1, 0.15) is 5.82 Å². The topological polar surface area (TPSA) is 65.0 Å². The van der Waals surface area contributed by atoms with Gasteiger partial charge < -0.3 is 5.11 Å². The van der Waals surface area contributed by atoms with Crippen molar-refractivity contribution in [2.75, 3.05) is 13.2 Å². The van der Waals surface area contributed by atoms with Crippen LogP contribution in [0, 0.1) is 5.82 Å². The second kappa shape index (κ2) is 7.81. The molecule has 1 aromatic carbocycles. The third-order valence-electron chi connectivity index (χ3n) is 3.80. The van der Waals surface area contributed by atoms with E-state index in [0.29, 0.717) is 30.9 Å². The molecular formula is C18H19FN4O. The first kappa shape index (κ1) is 16.3. The molecule has 24 heavy (non-hydrogen) atoms. The van der Waals surface area contributed by atoms with Gasteiger partial charge in [0.05, 0.1) is 18.5 Å². The number of aromatic amines is 1. The van der Waals surface area contributed by atoms with Crippen LogP contribution < -0.4 is 0 Å². The van der Waals surface area contributed by atoms with Gasteiger partial charge in [-0.05, 0) is 23.8 Å². The number of aliphatic hydroxyl groups is 1. The number of H-pyrrole nitrogens is 1. The molecule has 3 rings (SSSR count). The Morgan fingerprint density at radius 3 is 2.71 bits per heavy atom. The fourth-order valence-electron chi connectivity index (χ4n) is 2.67. The van der Waals surface area contributed by atoms with E-state index in [1.807, 2.05) is 12.1 Å². The number of hydrogen-bond donors (Lipinski definition) is 2. The summed E-state index contributed by atoms with van der Waals surface area (Å²) in [6.07, 6.45) is 5.24. The predicted octanol–water partition coefficient (Wildman–Crippen LogP) is 2.61. The third-order valence-corrected chi connectivity index (χ3v) is 3.80. The summed E-state index contributed by atoms with van der Waals surface area (Å²) < 4.78 is 14.1. The van der Waals surface area contributed by atoms with Crippen molar-refractivity contribution in [3.05, 3.63) is 71.9 Å². The van der Waals surface area contributed by atoms with Crippen LogP contribution in [0.4, 0.5) is 4.39 Å². The van der Waals surface area contributed by atoms with Gasteiger partial charge in [0, 0.05) is 43.2 Å². The second-order valence-corrected chi connectivity index (χ2v) is 5.55. The van der Waals surface area contributed by atoms with E-state index in [-0.39, 0.29) is 12.4 Å². The lowest BCUT2D eigenvalue weighted by molar-refractivity contribution is 0.184. The van der Waals surface area contributed by atoms with Crippen molar-refractivity contribution in [1.29, 1.82) is 0 Å². The van der Waals surface area contributed by atoms with Crippen LogP contribution in [-0.2, 0) is 13.1 Å². The van der Waals surface area contributed by atoms with Gasteiger partial charge in [-0.25, -0.2) is 4.39 Å². The number of aromatic nitrogens is 3. The highest BCUT2D eigenvalue weighted by atomic mass is 19.1. The number of rotatable bonds is 7. The van der Waals surface area contributed by atoms with Gasteiger partial charge >= 0.3 is 0 Å². The first-order valence-electron chi connectivity index (χ1n) is 7.77. The van der Waals surface area contributed by atoms with Gasteiger partial charge in [-0.15, -0.1) is 0 Å². The Hall–Kier alpha value is -2.57. The number of hydrogen-bond acceptors (Lipinski definition) is 4. The fraction of sp³-hybridized carbons (Fsp3) is 0.222. The van der Waals surface area contributed by atoms with Gasteiger partial charge in [0.2, 0.25) is 0 Å². The first-order chi connectivity index (χ1) is 11.8. The average molecular weight is 326 g/mol. The van der Waals surface area contributed by atoms with Gasteiger partial charge in [0.25, 0.3) is 0 Å². The van der Waals surface area contributed by atoms with Crippen molar-refractivity contribution < 1.29 is 9.50 Å². The fourth-order valence-corrected chi connectivity index (χ4v) is 2.67. The van der Waals surface area contributed by atoms with E-state index in [1.54, 1.807) is 36.8 Å². The van der Waals surface area contributed by atoms with Crippen LogP contribution in [0.25, 0.3) is 11.3 Å². The molecule has 124 valence electrons. The molecule has 2 N–H and O–H groups in total. The number of benzene rings is 1. The quantitative estimate of drug-likeness (QED) is 0.700. The summed E-state index contributed by atoms with van der Waals surface area (Å²) in [7, 11) is 0. The lowest BCUT2D eigenvalue weighted by Crippen LogP contribution is -2.26. The molecule has 0 bridgehead atoms. The maximum atomic E-state index is 14.1. The summed E-state index contributed by atoms with van der Waals surface area (Å²) in [6.45, 7) is 1.76. The maximum Gasteiger partial charge on any atom is 0.132 e. The van der Waals surface area contributed by atoms with E-state index in [1.165, 1.54) is 6.07 Å². The number of nitrogens with zero attached hydrogens (tertiary/aromatic N) is 3. The number of halogens is 1. The SMILES string of the molecule is OCCN(Cc1cccnc1)Cc1cn[nH]c1-c1ccccc1F. The number of pyridine rings is 1. The smallest absolute Gasteiger partial charge is 0.132 e. The Labute approximate surface area is 139 Å². The molecule has 5 nitrogen and oxygen atoms in total. The molecule has 0 aliphatic rings. The lowest BCUT2D eigenvalue weighted by atomic mass is 10.1. The Bertz CT molecular complexity index is 775. The monoisotopic (exact) mass is 326 g/mol. The number of nitrogens with one attached hydrogen (secondary N) is 1. The van der Waals surface area contributed by atoms with E-state index >= 15 is 0 Å². The summed E-state index contributed by atoms with van der Waals surface area (Å²) in [6, 6.07) is 10.5. The standard InChI is InChI=1S/C18H19FN4O/c19-17-6-2-1-5-16(17)18-15(11-21-22-18)13-23(8-9-24)12-14-4-3-7-20-10-14/h1-7,10-11,24H,8-9,12-13H2,(H,21,22). The normalized spacial score (nSPS) is 11.1. The van der Waals surface area contributed by atoms with Crippen LogP contribution >= 0.6 is 0 Å². The maximum absolute atomic E-state index is 14.1. The van der Waals surface area contributed by atoms with Crippen molar-refractivity contribution >= 4 is 0 Å². The van der Waals surface area contributed by atoms with Crippen LogP contribution in [0.15, 0.2) is 55.0 Å². The van der Waals surface area contributed by atoms with E-state index in [4.69, 9.17) is 0 Å².